The van der Waals surface area contributed by atoms with Gasteiger partial charge in [-0.1, -0.05) is 43.7 Å². The van der Waals surface area contributed by atoms with Crippen LogP contribution in [0.25, 0.3) is 0 Å². The van der Waals surface area contributed by atoms with Gasteiger partial charge < -0.3 is 0 Å². The molecule has 0 nitrogen and oxygen atoms in total. The molecule has 1 aromatic carbocycles. The van der Waals surface area contributed by atoms with Crippen LogP contribution in [-0.4, -0.2) is 0 Å². The first-order valence-electron chi connectivity index (χ1n) is 3.76. The van der Waals surface area contributed by atoms with Crippen LogP contribution in [0.5, 0.6) is 0 Å². The predicted octanol–water partition coefficient (Wildman–Crippen LogP) is 3.96. The number of benzene rings is 1. The van der Waals surface area contributed by atoms with Gasteiger partial charge in [-0.15, -0.1) is 24.8 Å². The second-order valence-corrected chi connectivity index (χ2v) is 3.07. The fourth-order valence-corrected chi connectivity index (χ4v) is 0.951. The third-order valence-electron chi connectivity index (χ3n) is 1.74. The summed E-state index contributed by atoms with van der Waals surface area (Å²) >= 11 is 0. The van der Waals surface area contributed by atoms with E-state index in [0.29, 0.717) is 5.92 Å². The van der Waals surface area contributed by atoms with Crippen molar-refractivity contribution in [1.82, 2.24) is 0 Å². The minimum atomic E-state index is 0. The topological polar surface area (TPSA) is 0 Å². The van der Waals surface area contributed by atoms with Gasteiger partial charge in [-0.05, 0) is 18.4 Å². The molecule has 0 amide bonds. The maximum atomic E-state index is 2.21. The average molecular weight is 308 g/mol. The van der Waals surface area contributed by atoms with Gasteiger partial charge in [0.2, 0.25) is 0 Å². The summed E-state index contributed by atoms with van der Waals surface area (Å²) < 4.78 is 0. The van der Waals surface area contributed by atoms with E-state index in [4.69, 9.17) is 0 Å². The van der Waals surface area contributed by atoms with E-state index in [-0.39, 0.29) is 44.3 Å². The Morgan fingerprint density at radius 3 is 1.62 bits per heavy atom. The molecular weight excluding hydrogens is 292 g/mol. The normalized spacial score (nSPS) is 8.00. The van der Waals surface area contributed by atoms with Gasteiger partial charge in [-0.25, -0.2) is 0 Å². The summed E-state index contributed by atoms with van der Waals surface area (Å²) in [5.41, 5.74) is 2.76. The van der Waals surface area contributed by atoms with Crippen molar-refractivity contribution in [2.75, 3.05) is 0 Å². The summed E-state index contributed by atoms with van der Waals surface area (Å²) in [4.78, 5) is 0. The van der Waals surface area contributed by atoms with Gasteiger partial charge in [-0.3, -0.25) is 0 Å². The largest absolute Gasteiger partial charge is 0.147 e. The van der Waals surface area contributed by atoms with E-state index in [1.165, 1.54) is 11.1 Å². The van der Waals surface area contributed by atoms with Crippen molar-refractivity contribution >= 4 is 24.8 Å². The summed E-state index contributed by atoms with van der Waals surface area (Å²) in [6, 6.07) is 8.71. The summed E-state index contributed by atoms with van der Waals surface area (Å²) in [5, 5.41) is 0. The zero-order chi connectivity index (χ0) is 7.56. The van der Waals surface area contributed by atoms with Crippen LogP contribution in [0.1, 0.15) is 30.9 Å². The van der Waals surface area contributed by atoms with Crippen LogP contribution in [-0.2, 0) is 19.5 Å². The molecule has 0 aliphatic rings. The van der Waals surface area contributed by atoms with E-state index in [1.54, 1.807) is 0 Å². The van der Waals surface area contributed by atoms with E-state index >= 15 is 0 Å². The van der Waals surface area contributed by atoms with Crippen molar-refractivity contribution in [2.45, 2.75) is 26.7 Å². The third-order valence-corrected chi connectivity index (χ3v) is 1.74. The molecule has 0 bridgehead atoms. The molecule has 3 heteroatoms. The summed E-state index contributed by atoms with van der Waals surface area (Å²) in [6.07, 6.45) is 0. The smallest absolute Gasteiger partial charge is 0 e. The molecule has 0 aliphatic heterocycles. The molecular formula is C10H16Cl2Ru. The first-order valence-corrected chi connectivity index (χ1v) is 3.76. The molecule has 0 saturated carbocycles. The molecule has 78 valence electrons. The Kier molecular flexibility index (Phi) is 13.2. The molecule has 0 aromatic heterocycles. The molecule has 0 atom stereocenters. The molecule has 0 heterocycles. The number of rotatable bonds is 1. The van der Waals surface area contributed by atoms with Gasteiger partial charge in [0, 0.05) is 19.5 Å². The molecule has 0 N–H and O–H groups in total. The zero-order valence-corrected chi connectivity index (χ0v) is 11.4. The monoisotopic (exact) mass is 308 g/mol. The van der Waals surface area contributed by atoms with Crippen LogP contribution in [0.3, 0.4) is 0 Å². The predicted molar refractivity (Wildman–Crippen MR) is 59.8 cm³/mol. The number of hydrogen-bond acceptors (Lipinski definition) is 0. The van der Waals surface area contributed by atoms with Gasteiger partial charge in [0.25, 0.3) is 0 Å². The van der Waals surface area contributed by atoms with Gasteiger partial charge in [0.05, 0.1) is 0 Å². The summed E-state index contributed by atoms with van der Waals surface area (Å²) in [6.45, 7) is 6.54. The van der Waals surface area contributed by atoms with E-state index in [1.807, 2.05) is 0 Å². The van der Waals surface area contributed by atoms with E-state index in [0.717, 1.165) is 0 Å². The van der Waals surface area contributed by atoms with Crippen LogP contribution < -0.4 is 0 Å². The molecule has 1 aromatic rings. The van der Waals surface area contributed by atoms with Crippen LogP contribution in [0.15, 0.2) is 24.3 Å². The van der Waals surface area contributed by atoms with E-state index < -0.39 is 0 Å². The maximum Gasteiger partial charge on any atom is 0 e. The van der Waals surface area contributed by atoms with Crippen molar-refractivity contribution in [3.05, 3.63) is 35.4 Å². The Bertz CT molecular complexity index is 207. The van der Waals surface area contributed by atoms with Crippen molar-refractivity contribution < 1.29 is 19.5 Å². The van der Waals surface area contributed by atoms with Gasteiger partial charge >= 0.3 is 0 Å². The molecule has 0 radical (unpaired) electrons. The number of aryl methyl sites for hydroxylation is 1. The van der Waals surface area contributed by atoms with Gasteiger partial charge in [0.1, 0.15) is 0 Å². The second kappa shape index (κ2) is 9.00. The molecule has 0 fully saturated rings. The Balaban J connectivity index is -0.000000333. The minimum absolute atomic E-state index is 0. The third kappa shape index (κ3) is 6.49. The Morgan fingerprint density at radius 1 is 0.923 bits per heavy atom. The second-order valence-electron chi connectivity index (χ2n) is 3.07. The number of halogens is 2. The fourth-order valence-electron chi connectivity index (χ4n) is 0.951. The first kappa shape index (κ1) is 19.1. The van der Waals surface area contributed by atoms with Gasteiger partial charge in [0.15, 0.2) is 0 Å². The van der Waals surface area contributed by atoms with Crippen LogP contribution in [0.4, 0.5) is 0 Å². The Hall–Kier alpha value is 0.423. The molecule has 0 aliphatic carbocycles. The van der Waals surface area contributed by atoms with E-state index in [2.05, 4.69) is 45.0 Å². The van der Waals surface area contributed by atoms with Crippen LogP contribution in [0, 0.1) is 6.92 Å². The first-order chi connectivity index (χ1) is 4.70. The van der Waals surface area contributed by atoms with Crippen LogP contribution >= 0.6 is 24.8 Å². The SMILES string of the molecule is Cc1ccc(C(C)C)cc1.Cl.Cl.[Ru]. The molecule has 0 spiro atoms. The maximum absolute atomic E-state index is 2.21. The quantitative estimate of drug-likeness (QED) is 0.689. The standard InChI is InChI=1S/C10H14.2ClH.Ru/c1-8(2)10-6-4-9(3)5-7-10;;;/h4-8H,1-3H3;2*1H;. The summed E-state index contributed by atoms with van der Waals surface area (Å²) in [7, 11) is 0. The van der Waals surface area contributed by atoms with Crippen molar-refractivity contribution in [3.63, 3.8) is 0 Å². The van der Waals surface area contributed by atoms with Crippen molar-refractivity contribution in [3.8, 4) is 0 Å². The molecule has 0 unspecified atom stereocenters. The minimum Gasteiger partial charge on any atom is -0.147 e. The van der Waals surface area contributed by atoms with Gasteiger partial charge in [-0.2, -0.15) is 0 Å². The van der Waals surface area contributed by atoms with Crippen molar-refractivity contribution in [1.29, 1.82) is 0 Å². The molecule has 13 heavy (non-hydrogen) atoms. The summed E-state index contributed by atoms with van der Waals surface area (Å²) in [5.74, 6) is 0.653. The van der Waals surface area contributed by atoms with E-state index in [9.17, 15) is 0 Å². The van der Waals surface area contributed by atoms with Crippen molar-refractivity contribution in [2.24, 2.45) is 0 Å². The Labute approximate surface area is 106 Å². The van der Waals surface area contributed by atoms with Crippen LogP contribution in [0.2, 0.25) is 0 Å². The molecule has 1 rings (SSSR count). The zero-order valence-electron chi connectivity index (χ0n) is 8.06. The molecule has 0 saturated heterocycles. The number of hydrogen-bond donors (Lipinski definition) is 0. The Morgan fingerprint density at radius 2 is 1.31 bits per heavy atom. The average Bonchev–Trinajstić information content (AvgIpc) is 1.88. The fraction of sp³-hybridized carbons (Fsp3) is 0.400.